The van der Waals surface area contributed by atoms with Gasteiger partial charge >= 0.3 is 0 Å². The molecule has 0 radical (unpaired) electrons. The highest BCUT2D eigenvalue weighted by molar-refractivity contribution is 7.93. The molecule has 0 aliphatic carbocycles. The maximum Gasteiger partial charge on any atom is 0.261 e. The van der Waals surface area contributed by atoms with Crippen LogP contribution < -0.4 is 14.8 Å². The Balaban J connectivity index is 1.40. The summed E-state index contributed by atoms with van der Waals surface area (Å²) in [5.41, 5.74) is 1.33. The van der Waals surface area contributed by atoms with Crippen LogP contribution in [-0.2, 0) is 20.0 Å². The van der Waals surface area contributed by atoms with Crippen molar-refractivity contribution in [2.45, 2.75) is 9.79 Å². The van der Waals surface area contributed by atoms with Gasteiger partial charge in [0.05, 0.1) is 21.7 Å². The highest BCUT2D eigenvalue weighted by Crippen LogP contribution is 2.20. The van der Waals surface area contributed by atoms with E-state index in [0.717, 1.165) is 0 Å². The molecule has 1 amide bonds. The van der Waals surface area contributed by atoms with Crippen molar-refractivity contribution in [2.75, 3.05) is 14.8 Å². The smallest absolute Gasteiger partial charge is 0.261 e. The van der Waals surface area contributed by atoms with Gasteiger partial charge in [0, 0.05) is 23.1 Å². The lowest BCUT2D eigenvalue weighted by Gasteiger charge is -2.10. The second-order valence-corrected chi connectivity index (χ2v) is 10.7. The Bertz CT molecular complexity index is 1530. The maximum atomic E-state index is 12.6. The summed E-state index contributed by atoms with van der Waals surface area (Å²) in [6.07, 6.45) is 2.93. The molecule has 0 unspecified atom stereocenters. The van der Waals surface area contributed by atoms with E-state index in [4.69, 9.17) is 0 Å². The van der Waals surface area contributed by atoms with Crippen molar-refractivity contribution in [3.05, 3.63) is 109 Å². The summed E-state index contributed by atoms with van der Waals surface area (Å²) in [7, 11) is -7.55. The van der Waals surface area contributed by atoms with Crippen LogP contribution >= 0.6 is 0 Å². The lowest BCUT2D eigenvalue weighted by atomic mass is 10.2. The first kappa shape index (κ1) is 23.9. The van der Waals surface area contributed by atoms with Crippen LogP contribution in [0, 0.1) is 0 Å². The molecule has 0 saturated heterocycles. The average Bonchev–Trinajstić information content (AvgIpc) is 2.85. The molecule has 4 aromatic rings. The zero-order chi connectivity index (χ0) is 24.9. The molecule has 1 heterocycles. The molecule has 0 aliphatic rings. The van der Waals surface area contributed by atoms with Crippen LogP contribution in [0.3, 0.4) is 0 Å². The Morgan fingerprint density at radius 1 is 0.600 bits per heavy atom. The molecule has 11 heteroatoms. The second-order valence-electron chi connectivity index (χ2n) is 7.32. The first-order valence-electron chi connectivity index (χ1n) is 10.3. The number of nitrogens with zero attached hydrogens (tertiary/aromatic N) is 1. The SMILES string of the molecule is O=C(Nc1ccc(S(=O)(=O)Nc2cccnc2)cc1)c1ccc(NS(=O)(=O)c2ccccc2)cc1. The summed E-state index contributed by atoms with van der Waals surface area (Å²) in [4.78, 5) is 16.6. The van der Waals surface area contributed by atoms with E-state index in [0.29, 0.717) is 22.6 Å². The number of sulfonamides is 2. The van der Waals surface area contributed by atoms with Gasteiger partial charge in [0.1, 0.15) is 0 Å². The number of carbonyl (C=O) groups excluding carboxylic acids is 1. The highest BCUT2D eigenvalue weighted by atomic mass is 32.2. The van der Waals surface area contributed by atoms with Crippen LogP contribution in [0.1, 0.15) is 10.4 Å². The number of hydrogen-bond acceptors (Lipinski definition) is 6. The molecule has 3 N–H and O–H groups in total. The zero-order valence-electron chi connectivity index (χ0n) is 18.1. The number of amides is 1. The van der Waals surface area contributed by atoms with Gasteiger partial charge in [-0.15, -0.1) is 0 Å². The summed E-state index contributed by atoms with van der Waals surface area (Å²) in [6, 6.07) is 22.7. The van der Waals surface area contributed by atoms with Gasteiger partial charge in [-0.05, 0) is 72.8 Å². The first-order valence-corrected chi connectivity index (χ1v) is 13.2. The minimum atomic E-state index is -3.81. The molecular weight excluding hydrogens is 488 g/mol. The molecule has 1 aromatic heterocycles. The van der Waals surface area contributed by atoms with Gasteiger partial charge < -0.3 is 5.32 Å². The standard InChI is InChI=1S/C24H20N4O5S2/c29-24(18-8-10-20(11-9-18)27-34(30,31)22-6-2-1-3-7-22)26-19-12-14-23(15-13-19)35(32,33)28-21-5-4-16-25-17-21/h1-17,27-28H,(H,26,29). The summed E-state index contributed by atoms with van der Waals surface area (Å²) in [5.74, 6) is -0.438. The van der Waals surface area contributed by atoms with Crippen molar-refractivity contribution in [1.82, 2.24) is 4.98 Å². The predicted octanol–water partition coefficient (Wildman–Crippen LogP) is 3.94. The number of pyridine rings is 1. The summed E-state index contributed by atoms with van der Waals surface area (Å²) in [5, 5.41) is 2.68. The molecule has 178 valence electrons. The number of hydrogen-bond donors (Lipinski definition) is 3. The number of carbonyl (C=O) groups is 1. The molecular formula is C24H20N4O5S2. The number of aromatic nitrogens is 1. The first-order chi connectivity index (χ1) is 16.7. The fourth-order valence-corrected chi connectivity index (χ4v) is 5.18. The molecule has 9 nitrogen and oxygen atoms in total. The van der Waals surface area contributed by atoms with E-state index >= 15 is 0 Å². The molecule has 0 fully saturated rings. The highest BCUT2D eigenvalue weighted by Gasteiger charge is 2.16. The lowest BCUT2D eigenvalue weighted by molar-refractivity contribution is 0.102. The fourth-order valence-electron chi connectivity index (χ4n) is 3.06. The minimum Gasteiger partial charge on any atom is -0.322 e. The number of rotatable bonds is 8. The van der Waals surface area contributed by atoms with Crippen LogP contribution in [-0.4, -0.2) is 27.7 Å². The number of benzene rings is 3. The van der Waals surface area contributed by atoms with Gasteiger partial charge in [-0.3, -0.25) is 19.2 Å². The van der Waals surface area contributed by atoms with E-state index < -0.39 is 26.0 Å². The summed E-state index contributed by atoms with van der Waals surface area (Å²) < 4.78 is 54.7. The van der Waals surface area contributed by atoms with Gasteiger partial charge in [0.2, 0.25) is 0 Å². The van der Waals surface area contributed by atoms with E-state index in [2.05, 4.69) is 19.7 Å². The van der Waals surface area contributed by atoms with Crippen molar-refractivity contribution in [2.24, 2.45) is 0 Å². The molecule has 35 heavy (non-hydrogen) atoms. The molecule has 0 atom stereocenters. The van der Waals surface area contributed by atoms with Crippen molar-refractivity contribution in [1.29, 1.82) is 0 Å². The van der Waals surface area contributed by atoms with Crippen LogP contribution in [0.2, 0.25) is 0 Å². The molecule has 0 saturated carbocycles. The Morgan fingerprint density at radius 3 is 1.77 bits per heavy atom. The van der Waals surface area contributed by atoms with E-state index in [9.17, 15) is 21.6 Å². The van der Waals surface area contributed by atoms with Crippen LogP contribution in [0.25, 0.3) is 0 Å². The van der Waals surface area contributed by atoms with E-state index in [-0.39, 0.29) is 9.79 Å². The number of anilines is 3. The quantitative estimate of drug-likeness (QED) is 0.330. The van der Waals surface area contributed by atoms with Gasteiger partial charge in [-0.2, -0.15) is 0 Å². The van der Waals surface area contributed by atoms with Crippen molar-refractivity contribution in [3.63, 3.8) is 0 Å². The van der Waals surface area contributed by atoms with Gasteiger partial charge in [-0.25, -0.2) is 16.8 Å². The van der Waals surface area contributed by atoms with Crippen LogP contribution in [0.4, 0.5) is 17.1 Å². The van der Waals surface area contributed by atoms with Gasteiger partial charge in [0.25, 0.3) is 26.0 Å². The number of nitrogens with one attached hydrogen (secondary N) is 3. The van der Waals surface area contributed by atoms with Crippen molar-refractivity contribution < 1.29 is 21.6 Å². The largest absolute Gasteiger partial charge is 0.322 e. The third-order valence-electron chi connectivity index (χ3n) is 4.79. The third-order valence-corrected chi connectivity index (χ3v) is 7.58. The molecule has 0 aliphatic heterocycles. The molecule has 4 rings (SSSR count). The normalized spacial score (nSPS) is 11.4. The van der Waals surface area contributed by atoms with E-state index in [1.54, 1.807) is 30.3 Å². The van der Waals surface area contributed by atoms with E-state index in [1.165, 1.54) is 73.1 Å². The minimum absolute atomic E-state index is 0.0226. The molecule has 3 aromatic carbocycles. The fraction of sp³-hybridized carbons (Fsp3) is 0. The zero-order valence-corrected chi connectivity index (χ0v) is 19.8. The Kier molecular flexibility index (Phi) is 6.80. The Hall–Kier alpha value is -4.22. The van der Waals surface area contributed by atoms with E-state index in [1.807, 2.05) is 0 Å². The van der Waals surface area contributed by atoms with Crippen molar-refractivity contribution >= 4 is 43.0 Å². The van der Waals surface area contributed by atoms with Gasteiger partial charge in [0.15, 0.2) is 0 Å². The third kappa shape index (κ3) is 6.02. The second kappa shape index (κ2) is 9.95. The topological polar surface area (TPSA) is 134 Å². The molecule has 0 spiro atoms. The Morgan fingerprint density at radius 2 is 1.17 bits per heavy atom. The van der Waals surface area contributed by atoms with Crippen molar-refractivity contribution in [3.8, 4) is 0 Å². The van der Waals surface area contributed by atoms with Crippen LogP contribution in [0.5, 0.6) is 0 Å². The van der Waals surface area contributed by atoms with Crippen LogP contribution in [0.15, 0.2) is 113 Å². The monoisotopic (exact) mass is 508 g/mol. The van der Waals surface area contributed by atoms with Gasteiger partial charge in [-0.1, -0.05) is 18.2 Å². The predicted molar refractivity (Wildman–Crippen MR) is 133 cm³/mol. The average molecular weight is 509 g/mol. The molecule has 0 bridgehead atoms. The summed E-state index contributed by atoms with van der Waals surface area (Å²) >= 11 is 0. The lowest BCUT2D eigenvalue weighted by Crippen LogP contribution is -2.15. The summed E-state index contributed by atoms with van der Waals surface area (Å²) in [6.45, 7) is 0. The Labute approximate surface area is 203 Å². The maximum absolute atomic E-state index is 12.6.